The molecule has 3 aromatic rings. The van der Waals surface area contributed by atoms with Gasteiger partial charge in [-0.2, -0.15) is 8.75 Å². The first kappa shape index (κ1) is 14.4. The predicted octanol–water partition coefficient (Wildman–Crippen LogP) is 4.50. The summed E-state index contributed by atoms with van der Waals surface area (Å²) in [5, 5.41) is 3.06. The van der Waals surface area contributed by atoms with E-state index in [1.165, 1.54) is 18.2 Å². The number of hydrogen-bond donors (Lipinski definition) is 1. The lowest BCUT2D eigenvalue weighted by molar-refractivity contribution is 0.102. The summed E-state index contributed by atoms with van der Waals surface area (Å²) in [6.45, 7) is 0. The number of fused-ring (bicyclic) bond motifs is 1. The van der Waals surface area contributed by atoms with E-state index in [2.05, 4.69) is 30.0 Å². The summed E-state index contributed by atoms with van der Waals surface area (Å²) in [5.74, 6) is -0.841. The summed E-state index contributed by atoms with van der Waals surface area (Å²) >= 11 is 10.3. The first-order valence-corrected chi connectivity index (χ1v) is 7.63. The molecule has 0 aliphatic heterocycles. The molecule has 21 heavy (non-hydrogen) atoms. The summed E-state index contributed by atoms with van der Waals surface area (Å²) in [6, 6.07) is 7.20. The van der Waals surface area contributed by atoms with Crippen molar-refractivity contribution < 1.29 is 9.18 Å². The quantitative estimate of drug-likeness (QED) is 0.705. The Hall–Kier alpha value is -1.57. The third kappa shape index (κ3) is 2.76. The average Bonchev–Trinajstić information content (AvgIpc) is 2.90. The van der Waals surface area contributed by atoms with Crippen LogP contribution < -0.4 is 5.32 Å². The van der Waals surface area contributed by atoms with Crippen LogP contribution in [0.25, 0.3) is 11.0 Å². The lowest BCUT2D eigenvalue weighted by atomic mass is 10.2. The van der Waals surface area contributed by atoms with Crippen LogP contribution >= 0.6 is 39.3 Å². The summed E-state index contributed by atoms with van der Waals surface area (Å²) in [4.78, 5) is 12.3. The predicted molar refractivity (Wildman–Crippen MR) is 84.5 cm³/mol. The zero-order chi connectivity index (χ0) is 15.0. The Balaban J connectivity index is 2.00. The minimum absolute atomic E-state index is 0.299. The second-order valence-corrected chi connectivity index (χ2v) is 5.92. The van der Waals surface area contributed by atoms with Gasteiger partial charge in [0.1, 0.15) is 16.9 Å². The molecule has 0 saturated heterocycles. The molecular formula is C13H6BrClFN3OS. The lowest BCUT2D eigenvalue weighted by Crippen LogP contribution is -2.13. The zero-order valence-corrected chi connectivity index (χ0v) is 13.4. The number of benzene rings is 2. The van der Waals surface area contributed by atoms with E-state index in [9.17, 15) is 9.18 Å². The third-order valence-corrected chi connectivity index (χ3v) is 4.30. The van der Waals surface area contributed by atoms with Crippen LogP contribution in [0.15, 0.2) is 34.8 Å². The Kier molecular flexibility index (Phi) is 3.88. The maximum absolute atomic E-state index is 13.1. The molecule has 8 heteroatoms. The van der Waals surface area contributed by atoms with E-state index >= 15 is 0 Å². The molecule has 1 amide bonds. The van der Waals surface area contributed by atoms with Crippen LogP contribution in [-0.4, -0.2) is 14.7 Å². The molecule has 1 N–H and O–H groups in total. The maximum atomic E-state index is 13.1. The minimum Gasteiger partial charge on any atom is -0.319 e. The highest BCUT2D eigenvalue weighted by Gasteiger charge is 2.16. The molecule has 0 aliphatic rings. The molecule has 0 unspecified atom stereocenters. The van der Waals surface area contributed by atoms with Gasteiger partial charge >= 0.3 is 0 Å². The van der Waals surface area contributed by atoms with Gasteiger partial charge in [0.15, 0.2) is 0 Å². The van der Waals surface area contributed by atoms with Gasteiger partial charge in [0, 0.05) is 4.47 Å². The molecule has 4 nitrogen and oxygen atoms in total. The van der Waals surface area contributed by atoms with Crippen molar-refractivity contribution in [2.45, 2.75) is 0 Å². The van der Waals surface area contributed by atoms with Gasteiger partial charge < -0.3 is 5.32 Å². The molecule has 0 aliphatic carbocycles. The highest BCUT2D eigenvalue weighted by Crippen LogP contribution is 2.31. The molecule has 1 heterocycles. The highest BCUT2D eigenvalue weighted by molar-refractivity contribution is 9.10. The number of carbonyl (C=O) groups excluding carboxylic acids is 1. The molecule has 0 atom stereocenters. The van der Waals surface area contributed by atoms with Crippen molar-refractivity contribution in [3.05, 3.63) is 51.2 Å². The fourth-order valence-corrected chi connectivity index (χ4v) is 3.07. The molecule has 3 rings (SSSR count). The summed E-state index contributed by atoms with van der Waals surface area (Å²) in [5.41, 5.74) is 1.87. The van der Waals surface area contributed by atoms with E-state index in [1.54, 1.807) is 12.1 Å². The van der Waals surface area contributed by atoms with Gasteiger partial charge in [0.2, 0.25) is 0 Å². The van der Waals surface area contributed by atoms with Crippen molar-refractivity contribution in [3.8, 4) is 0 Å². The van der Waals surface area contributed by atoms with E-state index in [4.69, 9.17) is 11.6 Å². The van der Waals surface area contributed by atoms with Crippen molar-refractivity contribution in [3.63, 3.8) is 0 Å². The Labute approximate surface area is 136 Å². The summed E-state index contributed by atoms with van der Waals surface area (Å²) in [7, 11) is 0. The molecular weight excluding hydrogens is 381 g/mol. The normalized spacial score (nSPS) is 10.8. The molecule has 0 radical (unpaired) electrons. The van der Waals surface area contributed by atoms with Crippen molar-refractivity contribution >= 4 is 61.9 Å². The van der Waals surface area contributed by atoms with E-state index < -0.39 is 11.7 Å². The van der Waals surface area contributed by atoms with Gasteiger partial charge in [0.05, 0.1) is 28.0 Å². The fourth-order valence-electron chi connectivity index (χ4n) is 1.80. The smallest absolute Gasteiger partial charge is 0.256 e. The number of carbonyl (C=O) groups is 1. The number of anilines is 1. The topological polar surface area (TPSA) is 54.9 Å². The van der Waals surface area contributed by atoms with Gasteiger partial charge in [-0.25, -0.2) is 4.39 Å². The van der Waals surface area contributed by atoms with Crippen LogP contribution in [0.1, 0.15) is 10.4 Å². The number of aromatic nitrogens is 2. The van der Waals surface area contributed by atoms with Crippen LogP contribution in [0.5, 0.6) is 0 Å². The lowest BCUT2D eigenvalue weighted by Gasteiger charge is -2.09. The van der Waals surface area contributed by atoms with Crippen molar-refractivity contribution in [2.75, 3.05) is 5.32 Å². The van der Waals surface area contributed by atoms with Crippen LogP contribution in [-0.2, 0) is 0 Å². The molecule has 0 bridgehead atoms. The number of amides is 1. The zero-order valence-electron chi connectivity index (χ0n) is 10.2. The number of nitrogens with one attached hydrogen (secondary N) is 1. The average molecular weight is 387 g/mol. The van der Waals surface area contributed by atoms with Crippen LogP contribution in [0.2, 0.25) is 5.02 Å². The minimum atomic E-state index is -0.428. The van der Waals surface area contributed by atoms with E-state index in [1.807, 2.05) is 0 Å². The molecule has 1 aromatic heterocycles. The standard InChI is InChI=1S/C13H6BrClFN3OS/c14-8-5-6(16)1-2-7(8)13(20)17-11-9(15)3-4-10-12(11)19-21-18-10/h1-5H,(H,17,20). The SMILES string of the molecule is O=C(Nc1c(Cl)ccc2nsnc12)c1ccc(F)cc1Br. The number of nitrogens with zero attached hydrogens (tertiary/aromatic N) is 2. The molecule has 0 saturated carbocycles. The first-order chi connectivity index (χ1) is 10.1. The summed E-state index contributed by atoms with van der Waals surface area (Å²) in [6.07, 6.45) is 0. The molecule has 2 aromatic carbocycles. The van der Waals surface area contributed by atoms with Gasteiger partial charge in [-0.15, -0.1) is 0 Å². The van der Waals surface area contributed by atoms with Crippen LogP contribution in [0.3, 0.4) is 0 Å². The Morgan fingerprint density at radius 1 is 1.29 bits per heavy atom. The highest BCUT2D eigenvalue weighted by atomic mass is 79.9. The van der Waals surface area contributed by atoms with E-state index in [0.717, 1.165) is 11.7 Å². The van der Waals surface area contributed by atoms with Crippen LogP contribution in [0, 0.1) is 5.82 Å². The number of rotatable bonds is 2. The van der Waals surface area contributed by atoms with Crippen molar-refractivity contribution in [1.82, 2.24) is 8.75 Å². The van der Waals surface area contributed by atoms with Gasteiger partial charge in [-0.1, -0.05) is 11.6 Å². The maximum Gasteiger partial charge on any atom is 0.256 e. The van der Waals surface area contributed by atoms with Crippen LogP contribution in [0.4, 0.5) is 10.1 Å². The van der Waals surface area contributed by atoms with E-state index in [0.29, 0.717) is 31.8 Å². The monoisotopic (exact) mass is 385 g/mol. The largest absolute Gasteiger partial charge is 0.319 e. The van der Waals surface area contributed by atoms with E-state index in [-0.39, 0.29) is 0 Å². The number of halogens is 3. The Bertz CT molecular complexity index is 855. The van der Waals surface area contributed by atoms with Gasteiger partial charge in [0.25, 0.3) is 5.91 Å². The Morgan fingerprint density at radius 3 is 2.86 bits per heavy atom. The van der Waals surface area contributed by atoms with Crippen molar-refractivity contribution in [1.29, 1.82) is 0 Å². The second kappa shape index (κ2) is 5.67. The Morgan fingerprint density at radius 2 is 2.10 bits per heavy atom. The molecule has 0 spiro atoms. The first-order valence-electron chi connectivity index (χ1n) is 5.73. The molecule has 106 valence electrons. The summed E-state index contributed by atoms with van der Waals surface area (Å²) < 4.78 is 21.6. The van der Waals surface area contributed by atoms with Gasteiger partial charge in [-0.3, -0.25) is 4.79 Å². The molecule has 0 fully saturated rings. The fraction of sp³-hybridized carbons (Fsp3) is 0. The third-order valence-electron chi connectivity index (χ3n) is 2.79. The van der Waals surface area contributed by atoms with Gasteiger partial charge in [-0.05, 0) is 46.3 Å². The number of hydrogen-bond acceptors (Lipinski definition) is 4. The second-order valence-electron chi connectivity index (χ2n) is 4.13. The van der Waals surface area contributed by atoms with Crippen molar-refractivity contribution in [2.24, 2.45) is 0 Å².